The Kier molecular flexibility index (Phi) is 10.7. The third-order valence-corrected chi connectivity index (χ3v) is 11.6. The van der Waals surface area contributed by atoms with Crippen molar-refractivity contribution in [3.8, 4) is 5.75 Å². The van der Waals surface area contributed by atoms with Crippen LogP contribution in [0.2, 0.25) is 0 Å². The number of hydrogen-bond donors (Lipinski definition) is 3. The number of piperazine rings is 1. The number of likely N-dealkylation sites (N-methyl/N-ethyl adjacent to an activating group) is 1. The van der Waals surface area contributed by atoms with E-state index >= 15 is 0 Å². The van der Waals surface area contributed by atoms with Crippen LogP contribution in [0.4, 0.5) is 17.3 Å². The molecule has 4 rings (SSSR count). The molecular formula is C27H43N7O4S3. The quantitative estimate of drug-likeness (QED) is 0.210. The normalized spacial score (nSPS) is 15.6. The molecule has 0 saturated carbocycles. The smallest absolute Gasteiger partial charge is 0.256 e. The van der Waals surface area contributed by atoms with Crippen molar-refractivity contribution in [2.45, 2.75) is 69.2 Å². The van der Waals surface area contributed by atoms with Crippen LogP contribution in [0.1, 0.15) is 57.8 Å². The van der Waals surface area contributed by atoms with Crippen molar-refractivity contribution in [3.63, 3.8) is 0 Å². The summed E-state index contributed by atoms with van der Waals surface area (Å²) in [6.45, 7) is 11.8. The minimum Gasteiger partial charge on any atom is -0.504 e. The number of rotatable bonds is 14. The minimum atomic E-state index is -3.86. The van der Waals surface area contributed by atoms with Crippen LogP contribution in [0.15, 0.2) is 26.3 Å². The molecule has 3 aromatic heterocycles. The second kappa shape index (κ2) is 13.8. The van der Waals surface area contributed by atoms with E-state index in [1.807, 2.05) is 6.26 Å². The van der Waals surface area contributed by atoms with Crippen molar-refractivity contribution in [2.75, 3.05) is 57.5 Å². The molecular weight excluding hydrogens is 583 g/mol. The molecule has 228 valence electrons. The van der Waals surface area contributed by atoms with Gasteiger partial charge in [-0.1, -0.05) is 12.8 Å². The molecule has 0 radical (unpaired) electrons. The van der Waals surface area contributed by atoms with Gasteiger partial charge in [-0.15, -0.1) is 11.3 Å². The number of furan rings is 1. The molecule has 1 aliphatic rings. The van der Waals surface area contributed by atoms with Crippen molar-refractivity contribution in [2.24, 2.45) is 0 Å². The molecule has 41 heavy (non-hydrogen) atoms. The summed E-state index contributed by atoms with van der Waals surface area (Å²) in [6.07, 6.45) is 7.70. The summed E-state index contributed by atoms with van der Waals surface area (Å²) in [4.78, 5) is 4.97. The second-order valence-electron chi connectivity index (χ2n) is 11.6. The summed E-state index contributed by atoms with van der Waals surface area (Å²) in [6, 6.07) is 2.07. The highest BCUT2D eigenvalue weighted by Gasteiger charge is 2.34. The van der Waals surface area contributed by atoms with Gasteiger partial charge in [0.15, 0.2) is 21.6 Å². The second-order valence-corrected chi connectivity index (χ2v) is 15.2. The molecule has 3 N–H and O–H groups in total. The molecule has 11 nitrogen and oxygen atoms in total. The lowest BCUT2D eigenvalue weighted by Gasteiger charge is -2.32. The Morgan fingerprint density at radius 1 is 1.10 bits per heavy atom. The number of nitrogens with zero attached hydrogens (tertiary/aromatic N) is 5. The first-order valence-corrected chi connectivity index (χ1v) is 17.1. The van der Waals surface area contributed by atoms with E-state index in [4.69, 9.17) is 4.42 Å². The van der Waals surface area contributed by atoms with E-state index in [1.165, 1.54) is 68.9 Å². The van der Waals surface area contributed by atoms with Crippen LogP contribution < -0.4 is 10.6 Å². The van der Waals surface area contributed by atoms with Crippen LogP contribution in [-0.4, -0.2) is 88.7 Å². The monoisotopic (exact) mass is 625 g/mol. The average molecular weight is 626 g/mol. The number of nitrogens with one attached hydrogen (secondary N) is 2. The Bertz CT molecular complexity index is 1360. The van der Waals surface area contributed by atoms with Gasteiger partial charge in [0.05, 0.1) is 30.2 Å². The largest absolute Gasteiger partial charge is 0.504 e. The lowest BCUT2D eigenvalue weighted by atomic mass is 10.1. The molecule has 0 bridgehead atoms. The molecule has 0 aromatic carbocycles. The van der Waals surface area contributed by atoms with Gasteiger partial charge in [-0.2, -0.15) is 13.1 Å². The SMILES string of the molecule is CN1CCN(CCCCCCc2coc(CNc3nsnc3Nc3csc(S(=O)(=O)N(C)C(C)(C)C)c3O)c2)CC1. The predicted octanol–water partition coefficient (Wildman–Crippen LogP) is 5.02. The number of aromatic hydroxyl groups is 1. The maximum Gasteiger partial charge on any atom is 0.256 e. The van der Waals surface area contributed by atoms with Crippen LogP contribution >= 0.6 is 23.1 Å². The van der Waals surface area contributed by atoms with Gasteiger partial charge in [0, 0.05) is 44.1 Å². The highest BCUT2D eigenvalue weighted by Crippen LogP contribution is 2.42. The van der Waals surface area contributed by atoms with Crippen molar-refractivity contribution < 1.29 is 17.9 Å². The Hall–Kier alpha value is -2.23. The first-order chi connectivity index (χ1) is 19.4. The molecule has 1 saturated heterocycles. The van der Waals surface area contributed by atoms with Crippen molar-refractivity contribution in [1.29, 1.82) is 0 Å². The van der Waals surface area contributed by atoms with Gasteiger partial charge in [-0.3, -0.25) is 0 Å². The fourth-order valence-corrected chi connectivity index (χ4v) is 7.91. The first-order valence-electron chi connectivity index (χ1n) is 14.1. The molecule has 3 aromatic rings. The summed E-state index contributed by atoms with van der Waals surface area (Å²) < 4.78 is 41.5. The Labute approximate surface area is 251 Å². The first kappa shape index (κ1) is 31.7. The highest BCUT2D eigenvalue weighted by molar-refractivity contribution is 7.91. The van der Waals surface area contributed by atoms with Crippen molar-refractivity contribution >= 4 is 50.4 Å². The van der Waals surface area contributed by atoms with Crippen LogP contribution in [0.5, 0.6) is 5.75 Å². The van der Waals surface area contributed by atoms with Gasteiger partial charge in [-0.05, 0) is 65.3 Å². The van der Waals surface area contributed by atoms with E-state index in [-0.39, 0.29) is 15.6 Å². The summed E-state index contributed by atoms with van der Waals surface area (Å²) in [5.74, 6) is 1.36. The van der Waals surface area contributed by atoms with Gasteiger partial charge in [-0.25, -0.2) is 8.42 Å². The number of thiophene rings is 1. The lowest BCUT2D eigenvalue weighted by Crippen LogP contribution is -2.44. The molecule has 4 heterocycles. The topological polar surface area (TPSA) is 127 Å². The number of aryl methyl sites for hydroxylation is 1. The van der Waals surface area contributed by atoms with E-state index in [9.17, 15) is 13.5 Å². The van der Waals surface area contributed by atoms with Crippen molar-refractivity contribution in [1.82, 2.24) is 22.9 Å². The minimum absolute atomic E-state index is 0.117. The van der Waals surface area contributed by atoms with Crippen LogP contribution in [0.3, 0.4) is 0 Å². The number of aromatic nitrogens is 2. The molecule has 1 aliphatic heterocycles. The number of unbranched alkanes of at least 4 members (excludes halogenated alkanes) is 3. The van der Waals surface area contributed by atoms with Gasteiger partial charge in [0.2, 0.25) is 0 Å². The Morgan fingerprint density at radius 3 is 2.54 bits per heavy atom. The summed E-state index contributed by atoms with van der Waals surface area (Å²) >= 11 is 1.97. The third kappa shape index (κ3) is 8.42. The fraction of sp³-hybridized carbons (Fsp3) is 0.630. The molecule has 0 amide bonds. The maximum absolute atomic E-state index is 13.0. The number of hydrogen-bond acceptors (Lipinski definition) is 12. The average Bonchev–Trinajstić information content (AvgIpc) is 3.66. The molecule has 14 heteroatoms. The zero-order chi connectivity index (χ0) is 29.6. The van der Waals surface area contributed by atoms with E-state index in [1.54, 1.807) is 26.2 Å². The standard InChI is InChI=1S/C27H43N7O4S3/c1-27(2,3)33(5)41(36,37)26-23(35)22(19-39-26)29-25-24(30-40-31-25)28-17-21-16-20(18-38-21)10-8-6-7-9-11-34-14-12-32(4)13-15-34/h16,18-19,35H,6-15,17H2,1-5H3,(H,28,30)(H,29,31). The lowest BCUT2D eigenvalue weighted by molar-refractivity contribution is 0.152. The summed E-state index contributed by atoms with van der Waals surface area (Å²) in [5.41, 5.74) is 0.818. The molecule has 1 fully saturated rings. The van der Waals surface area contributed by atoms with Crippen LogP contribution in [0.25, 0.3) is 0 Å². The molecule has 0 unspecified atom stereocenters. The summed E-state index contributed by atoms with van der Waals surface area (Å²) in [7, 11) is -0.163. The Balaban J connectivity index is 1.22. The van der Waals surface area contributed by atoms with Gasteiger partial charge in [0.25, 0.3) is 10.0 Å². The van der Waals surface area contributed by atoms with Crippen LogP contribution in [-0.2, 0) is 23.0 Å². The maximum atomic E-state index is 13.0. The van der Waals surface area contributed by atoms with E-state index in [0.29, 0.717) is 18.2 Å². The van der Waals surface area contributed by atoms with E-state index in [2.05, 4.69) is 42.3 Å². The third-order valence-electron chi connectivity index (χ3n) is 7.44. The fourth-order valence-electron chi connectivity index (χ4n) is 4.52. The van der Waals surface area contributed by atoms with Gasteiger partial charge in [0.1, 0.15) is 5.76 Å². The zero-order valence-corrected chi connectivity index (χ0v) is 27.1. The van der Waals surface area contributed by atoms with E-state index < -0.39 is 15.6 Å². The zero-order valence-electron chi connectivity index (χ0n) is 24.6. The van der Waals surface area contributed by atoms with Gasteiger partial charge < -0.3 is 30.0 Å². The summed E-state index contributed by atoms with van der Waals surface area (Å²) in [5, 5.41) is 18.5. The number of anilines is 3. The highest BCUT2D eigenvalue weighted by atomic mass is 32.2. The van der Waals surface area contributed by atoms with E-state index in [0.717, 1.165) is 41.7 Å². The van der Waals surface area contributed by atoms with Crippen molar-refractivity contribution in [3.05, 3.63) is 29.0 Å². The Morgan fingerprint density at radius 2 is 1.80 bits per heavy atom. The molecule has 0 atom stereocenters. The molecule has 0 aliphatic carbocycles. The predicted molar refractivity (Wildman–Crippen MR) is 166 cm³/mol. The molecule has 0 spiro atoms. The van der Waals surface area contributed by atoms with Crippen LogP contribution in [0, 0.1) is 0 Å². The number of sulfonamides is 1. The van der Waals surface area contributed by atoms with Gasteiger partial charge >= 0.3 is 0 Å².